The van der Waals surface area contributed by atoms with E-state index in [2.05, 4.69) is 5.32 Å². The average Bonchev–Trinajstić information content (AvgIpc) is 2.49. The zero-order valence-electron chi connectivity index (χ0n) is 13.6. The van der Waals surface area contributed by atoms with Crippen molar-refractivity contribution in [1.82, 2.24) is 10.2 Å². The molecule has 5 nitrogen and oxygen atoms in total. The van der Waals surface area contributed by atoms with Crippen LogP contribution in [0.25, 0.3) is 0 Å². The standard InChI is InChI=1S/C16H30N2O3/c1-4-12(2)15(20)11-17-16(21)6-5-14-7-9-18(10-8-14)13(3)19/h12,14-15,20H,4-11H2,1-3H3,(H,17,21). The van der Waals surface area contributed by atoms with E-state index in [1.165, 1.54) is 0 Å². The van der Waals surface area contributed by atoms with E-state index in [0.29, 0.717) is 18.9 Å². The molecule has 0 aliphatic carbocycles. The summed E-state index contributed by atoms with van der Waals surface area (Å²) in [6, 6.07) is 0. The molecule has 0 bridgehead atoms. The highest BCUT2D eigenvalue weighted by atomic mass is 16.3. The summed E-state index contributed by atoms with van der Waals surface area (Å²) >= 11 is 0. The van der Waals surface area contributed by atoms with E-state index < -0.39 is 6.10 Å². The van der Waals surface area contributed by atoms with E-state index in [0.717, 1.165) is 38.8 Å². The van der Waals surface area contributed by atoms with Crippen LogP contribution in [0.1, 0.15) is 52.9 Å². The molecule has 2 unspecified atom stereocenters. The predicted molar refractivity (Wildman–Crippen MR) is 82.7 cm³/mol. The lowest BCUT2D eigenvalue weighted by molar-refractivity contribution is -0.130. The SMILES string of the molecule is CCC(C)C(O)CNC(=O)CCC1CCN(C(C)=O)CC1. The summed E-state index contributed by atoms with van der Waals surface area (Å²) in [4.78, 5) is 24.9. The molecular formula is C16H30N2O3. The predicted octanol–water partition coefficient (Wildman–Crippen LogP) is 1.55. The largest absolute Gasteiger partial charge is 0.391 e. The van der Waals surface area contributed by atoms with Crippen LogP contribution in [-0.4, -0.2) is 47.6 Å². The van der Waals surface area contributed by atoms with Gasteiger partial charge in [0.25, 0.3) is 0 Å². The van der Waals surface area contributed by atoms with Gasteiger partial charge in [-0.05, 0) is 31.1 Å². The lowest BCUT2D eigenvalue weighted by Crippen LogP contribution is -2.38. The van der Waals surface area contributed by atoms with Crippen LogP contribution in [-0.2, 0) is 9.59 Å². The molecule has 1 fully saturated rings. The van der Waals surface area contributed by atoms with E-state index in [-0.39, 0.29) is 17.7 Å². The molecule has 0 aromatic heterocycles. The maximum atomic E-state index is 11.8. The number of aliphatic hydroxyl groups is 1. The van der Waals surface area contributed by atoms with Gasteiger partial charge >= 0.3 is 0 Å². The number of amides is 2. The van der Waals surface area contributed by atoms with Gasteiger partial charge in [-0.3, -0.25) is 9.59 Å². The Kier molecular flexibility index (Phi) is 7.72. The summed E-state index contributed by atoms with van der Waals surface area (Å²) in [7, 11) is 0. The number of nitrogens with zero attached hydrogens (tertiary/aromatic N) is 1. The molecule has 1 saturated heterocycles. The molecule has 5 heteroatoms. The topological polar surface area (TPSA) is 69.6 Å². The third-order valence-corrected chi connectivity index (χ3v) is 4.65. The average molecular weight is 298 g/mol. The first-order chi connectivity index (χ1) is 9.93. The minimum Gasteiger partial charge on any atom is -0.391 e. The molecule has 2 N–H and O–H groups in total. The van der Waals surface area contributed by atoms with Crippen LogP contribution in [0.4, 0.5) is 0 Å². The smallest absolute Gasteiger partial charge is 0.220 e. The highest BCUT2D eigenvalue weighted by Crippen LogP contribution is 2.21. The summed E-state index contributed by atoms with van der Waals surface area (Å²) in [5, 5.41) is 12.6. The molecule has 0 spiro atoms. The quantitative estimate of drug-likeness (QED) is 0.749. The Hall–Kier alpha value is -1.10. The van der Waals surface area contributed by atoms with Crippen molar-refractivity contribution >= 4 is 11.8 Å². The number of hydrogen-bond donors (Lipinski definition) is 2. The van der Waals surface area contributed by atoms with Crippen LogP contribution in [0.5, 0.6) is 0 Å². The van der Waals surface area contributed by atoms with E-state index >= 15 is 0 Å². The fourth-order valence-corrected chi connectivity index (χ4v) is 2.65. The number of carbonyl (C=O) groups excluding carboxylic acids is 2. The number of rotatable bonds is 7. The Balaban J connectivity index is 2.15. The molecule has 1 rings (SSSR count). The summed E-state index contributed by atoms with van der Waals surface area (Å²) in [6.07, 6.45) is 3.81. The van der Waals surface area contributed by atoms with Gasteiger partial charge in [-0.15, -0.1) is 0 Å². The van der Waals surface area contributed by atoms with Gasteiger partial charge in [-0.25, -0.2) is 0 Å². The Bertz CT molecular complexity index is 338. The lowest BCUT2D eigenvalue weighted by atomic mass is 9.92. The molecule has 21 heavy (non-hydrogen) atoms. The molecule has 122 valence electrons. The Morgan fingerprint density at radius 1 is 1.33 bits per heavy atom. The van der Waals surface area contributed by atoms with Crippen LogP contribution >= 0.6 is 0 Å². The maximum Gasteiger partial charge on any atom is 0.220 e. The number of hydrogen-bond acceptors (Lipinski definition) is 3. The molecule has 1 heterocycles. The number of likely N-dealkylation sites (tertiary alicyclic amines) is 1. The summed E-state index contributed by atoms with van der Waals surface area (Å²) in [6.45, 7) is 7.60. The van der Waals surface area contributed by atoms with Gasteiger partial charge in [0, 0.05) is 33.0 Å². The minimum atomic E-state index is -0.460. The monoisotopic (exact) mass is 298 g/mol. The van der Waals surface area contributed by atoms with Crippen molar-refractivity contribution in [3.05, 3.63) is 0 Å². The zero-order chi connectivity index (χ0) is 15.8. The van der Waals surface area contributed by atoms with E-state index in [1.54, 1.807) is 6.92 Å². The normalized spacial score (nSPS) is 19.1. The molecule has 0 aromatic rings. The second-order valence-electron chi connectivity index (χ2n) is 6.25. The fraction of sp³-hybridized carbons (Fsp3) is 0.875. The van der Waals surface area contributed by atoms with Crippen molar-refractivity contribution in [2.75, 3.05) is 19.6 Å². The van der Waals surface area contributed by atoms with Gasteiger partial charge in [-0.2, -0.15) is 0 Å². The maximum absolute atomic E-state index is 11.8. The summed E-state index contributed by atoms with van der Waals surface area (Å²) < 4.78 is 0. The van der Waals surface area contributed by atoms with Gasteiger partial charge in [0.2, 0.25) is 11.8 Å². The molecule has 1 aliphatic rings. The summed E-state index contributed by atoms with van der Waals surface area (Å²) in [5.74, 6) is 0.906. The first kappa shape index (κ1) is 18.0. The second kappa shape index (κ2) is 9.03. The molecule has 2 atom stereocenters. The molecule has 0 aromatic carbocycles. The first-order valence-electron chi connectivity index (χ1n) is 8.14. The highest BCUT2D eigenvalue weighted by Gasteiger charge is 2.21. The van der Waals surface area contributed by atoms with Gasteiger partial charge in [-0.1, -0.05) is 20.3 Å². The second-order valence-corrected chi connectivity index (χ2v) is 6.25. The van der Waals surface area contributed by atoms with Crippen molar-refractivity contribution in [1.29, 1.82) is 0 Å². The molecule has 1 aliphatic heterocycles. The van der Waals surface area contributed by atoms with Crippen LogP contribution in [0, 0.1) is 11.8 Å². The Morgan fingerprint density at radius 3 is 2.48 bits per heavy atom. The zero-order valence-corrected chi connectivity index (χ0v) is 13.6. The first-order valence-corrected chi connectivity index (χ1v) is 8.14. The molecular weight excluding hydrogens is 268 g/mol. The summed E-state index contributed by atoms with van der Waals surface area (Å²) in [5.41, 5.74) is 0. The molecule has 2 amide bonds. The third kappa shape index (κ3) is 6.46. The number of piperidine rings is 1. The van der Waals surface area contributed by atoms with Gasteiger partial charge < -0.3 is 15.3 Å². The van der Waals surface area contributed by atoms with Gasteiger partial charge in [0.15, 0.2) is 0 Å². The molecule has 0 saturated carbocycles. The Morgan fingerprint density at radius 2 is 1.95 bits per heavy atom. The fourth-order valence-electron chi connectivity index (χ4n) is 2.65. The highest BCUT2D eigenvalue weighted by molar-refractivity contribution is 5.75. The van der Waals surface area contributed by atoms with Crippen LogP contribution in [0.2, 0.25) is 0 Å². The van der Waals surface area contributed by atoms with Crippen molar-refractivity contribution < 1.29 is 14.7 Å². The minimum absolute atomic E-state index is 0.0198. The number of carbonyl (C=O) groups is 2. The Labute approximate surface area is 128 Å². The van der Waals surface area contributed by atoms with E-state index in [1.807, 2.05) is 18.7 Å². The van der Waals surface area contributed by atoms with Crippen LogP contribution < -0.4 is 5.32 Å². The van der Waals surface area contributed by atoms with Crippen LogP contribution in [0.15, 0.2) is 0 Å². The lowest BCUT2D eigenvalue weighted by Gasteiger charge is -2.31. The molecule has 0 radical (unpaired) electrons. The van der Waals surface area contributed by atoms with Gasteiger partial charge in [0.05, 0.1) is 6.10 Å². The number of aliphatic hydroxyl groups excluding tert-OH is 1. The van der Waals surface area contributed by atoms with Crippen LogP contribution in [0.3, 0.4) is 0 Å². The number of nitrogens with one attached hydrogen (secondary N) is 1. The van der Waals surface area contributed by atoms with Crippen molar-refractivity contribution in [3.8, 4) is 0 Å². The van der Waals surface area contributed by atoms with Crippen molar-refractivity contribution in [2.45, 2.75) is 59.0 Å². The van der Waals surface area contributed by atoms with E-state index in [9.17, 15) is 14.7 Å². The van der Waals surface area contributed by atoms with Crippen molar-refractivity contribution in [3.63, 3.8) is 0 Å². The third-order valence-electron chi connectivity index (χ3n) is 4.65. The van der Waals surface area contributed by atoms with Crippen molar-refractivity contribution in [2.24, 2.45) is 11.8 Å². The van der Waals surface area contributed by atoms with Gasteiger partial charge in [0.1, 0.15) is 0 Å². The van der Waals surface area contributed by atoms with E-state index in [4.69, 9.17) is 0 Å².